The molecule has 1 aromatic rings. The number of methoxy groups -OCH3 is 1. The molecule has 1 aromatic carbocycles. The van der Waals surface area contributed by atoms with Gasteiger partial charge in [-0.15, -0.1) is 0 Å². The van der Waals surface area contributed by atoms with Gasteiger partial charge in [-0.25, -0.2) is 8.78 Å². The second kappa shape index (κ2) is 6.75. The van der Waals surface area contributed by atoms with Gasteiger partial charge in [0.2, 0.25) is 0 Å². The molecule has 0 radical (unpaired) electrons. The van der Waals surface area contributed by atoms with Gasteiger partial charge in [-0.05, 0) is 25.0 Å². The summed E-state index contributed by atoms with van der Waals surface area (Å²) in [5, 5.41) is 2.42. The third kappa shape index (κ3) is 4.70. The van der Waals surface area contributed by atoms with Gasteiger partial charge < -0.3 is 10.1 Å². The van der Waals surface area contributed by atoms with Crippen LogP contribution >= 0.6 is 0 Å². The van der Waals surface area contributed by atoms with Crippen LogP contribution in [0.5, 0.6) is 5.75 Å². The SMILES string of the molecule is COc1ccccc1CC(C)NCC(F)(F)C(F)F. The van der Waals surface area contributed by atoms with Gasteiger partial charge in [0.1, 0.15) is 5.75 Å². The van der Waals surface area contributed by atoms with Crippen LogP contribution < -0.4 is 10.1 Å². The third-order valence-corrected chi connectivity index (χ3v) is 2.72. The Kier molecular flexibility index (Phi) is 5.60. The first kappa shape index (κ1) is 15.8. The number of benzene rings is 1. The van der Waals surface area contributed by atoms with Crippen LogP contribution in [0.15, 0.2) is 24.3 Å². The van der Waals surface area contributed by atoms with Crippen molar-refractivity contribution in [2.24, 2.45) is 0 Å². The molecular formula is C13H17F4NO. The molecule has 0 aromatic heterocycles. The van der Waals surface area contributed by atoms with Gasteiger partial charge in [0.15, 0.2) is 0 Å². The second-order valence-electron chi connectivity index (χ2n) is 4.36. The average molecular weight is 279 g/mol. The smallest absolute Gasteiger partial charge is 0.319 e. The van der Waals surface area contributed by atoms with Crippen molar-refractivity contribution in [1.29, 1.82) is 0 Å². The predicted molar refractivity (Wildman–Crippen MR) is 65.1 cm³/mol. The van der Waals surface area contributed by atoms with Crippen molar-refractivity contribution >= 4 is 0 Å². The number of halogens is 4. The maximum Gasteiger partial charge on any atom is 0.319 e. The van der Waals surface area contributed by atoms with E-state index in [0.29, 0.717) is 12.2 Å². The average Bonchev–Trinajstić information content (AvgIpc) is 2.37. The summed E-state index contributed by atoms with van der Waals surface area (Å²) in [7, 11) is 1.52. The van der Waals surface area contributed by atoms with Crippen molar-refractivity contribution in [1.82, 2.24) is 5.32 Å². The summed E-state index contributed by atoms with van der Waals surface area (Å²) in [5.41, 5.74) is 0.838. The molecule has 0 saturated heterocycles. The molecule has 0 heterocycles. The molecule has 1 atom stereocenters. The van der Waals surface area contributed by atoms with E-state index < -0.39 is 18.9 Å². The lowest BCUT2D eigenvalue weighted by Crippen LogP contribution is -2.42. The Bertz CT molecular complexity index is 398. The lowest BCUT2D eigenvalue weighted by Gasteiger charge is -2.20. The summed E-state index contributed by atoms with van der Waals surface area (Å²) in [6.45, 7) is 0.620. The zero-order chi connectivity index (χ0) is 14.5. The lowest BCUT2D eigenvalue weighted by molar-refractivity contribution is -0.126. The van der Waals surface area contributed by atoms with Crippen LogP contribution in [0.3, 0.4) is 0 Å². The first-order chi connectivity index (χ1) is 8.86. The number of hydrogen-bond donors (Lipinski definition) is 1. The first-order valence-corrected chi connectivity index (χ1v) is 5.88. The number of hydrogen-bond acceptors (Lipinski definition) is 2. The molecule has 0 saturated carbocycles. The minimum absolute atomic E-state index is 0.360. The maximum absolute atomic E-state index is 12.8. The fourth-order valence-corrected chi connectivity index (χ4v) is 1.66. The van der Waals surface area contributed by atoms with Crippen LogP contribution in [-0.4, -0.2) is 32.0 Å². The summed E-state index contributed by atoms with van der Waals surface area (Å²) in [5.74, 6) is -3.36. The Labute approximate surface area is 109 Å². The molecule has 0 bridgehead atoms. The van der Waals surface area contributed by atoms with Gasteiger partial charge in [-0.2, -0.15) is 8.78 Å². The van der Waals surface area contributed by atoms with Gasteiger partial charge in [0, 0.05) is 6.04 Å². The van der Waals surface area contributed by atoms with Gasteiger partial charge in [0.25, 0.3) is 0 Å². The van der Waals surface area contributed by atoms with Crippen LogP contribution in [0, 0.1) is 0 Å². The van der Waals surface area contributed by atoms with Crippen molar-refractivity contribution in [3.05, 3.63) is 29.8 Å². The minimum atomic E-state index is -4.00. The summed E-state index contributed by atoms with van der Waals surface area (Å²) in [6.07, 6.45) is -3.23. The number of nitrogens with one attached hydrogen (secondary N) is 1. The largest absolute Gasteiger partial charge is 0.496 e. The molecule has 0 spiro atoms. The Morgan fingerprint density at radius 2 is 1.89 bits per heavy atom. The maximum atomic E-state index is 12.8. The zero-order valence-corrected chi connectivity index (χ0v) is 10.8. The molecule has 0 aliphatic heterocycles. The number of para-hydroxylation sites is 1. The minimum Gasteiger partial charge on any atom is -0.496 e. The number of alkyl halides is 4. The van der Waals surface area contributed by atoms with E-state index >= 15 is 0 Å². The second-order valence-corrected chi connectivity index (χ2v) is 4.36. The quantitative estimate of drug-likeness (QED) is 0.774. The van der Waals surface area contributed by atoms with E-state index in [1.54, 1.807) is 25.1 Å². The normalized spacial score (nSPS) is 13.6. The highest BCUT2D eigenvalue weighted by atomic mass is 19.3. The Morgan fingerprint density at radius 1 is 1.26 bits per heavy atom. The molecule has 108 valence electrons. The molecule has 1 N–H and O–H groups in total. The fraction of sp³-hybridized carbons (Fsp3) is 0.538. The Morgan fingerprint density at radius 3 is 2.47 bits per heavy atom. The van der Waals surface area contributed by atoms with Crippen LogP contribution in [-0.2, 0) is 6.42 Å². The summed E-state index contributed by atoms with van der Waals surface area (Å²) in [4.78, 5) is 0. The summed E-state index contributed by atoms with van der Waals surface area (Å²) < 4.78 is 54.6. The van der Waals surface area contributed by atoms with Crippen molar-refractivity contribution in [2.75, 3.05) is 13.7 Å². The molecular weight excluding hydrogens is 262 g/mol. The molecule has 0 aliphatic rings. The first-order valence-electron chi connectivity index (χ1n) is 5.88. The molecule has 0 aliphatic carbocycles. The van der Waals surface area contributed by atoms with Crippen LogP contribution in [0.25, 0.3) is 0 Å². The highest BCUT2D eigenvalue weighted by Gasteiger charge is 2.40. The fourth-order valence-electron chi connectivity index (χ4n) is 1.66. The number of rotatable bonds is 7. The molecule has 6 heteroatoms. The summed E-state index contributed by atoms with van der Waals surface area (Å²) in [6, 6.07) is 6.81. The van der Waals surface area contributed by atoms with Crippen LogP contribution in [0.1, 0.15) is 12.5 Å². The highest BCUT2D eigenvalue weighted by Crippen LogP contribution is 2.22. The van der Waals surface area contributed by atoms with Crippen molar-refractivity contribution < 1.29 is 22.3 Å². The van der Waals surface area contributed by atoms with Crippen molar-refractivity contribution in [2.45, 2.75) is 31.7 Å². The monoisotopic (exact) mass is 279 g/mol. The van der Waals surface area contributed by atoms with E-state index in [9.17, 15) is 17.6 Å². The molecule has 1 unspecified atom stereocenters. The van der Waals surface area contributed by atoms with E-state index in [-0.39, 0.29) is 6.04 Å². The van der Waals surface area contributed by atoms with E-state index in [1.165, 1.54) is 7.11 Å². The lowest BCUT2D eigenvalue weighted by atomic mass is 10.1. The highest BCUT2D eigenvalue weighted by molar-refractivity contribution is 5.33. The predicted octanol–water partition coefficient (Wildman–Crippen LogP) is 3.12. The van der Waals surface area contributed by atoms with Crippen LogP contribution in [0.4, 0.5) is 17.6 Å². The number of ether oxygens (including phenoxy) is 1. The molecule has 1 rings (SSSR count). The third-order valence-electron chi connectivity index (χ3n) is 2.72. The standard InChI is InChI=1S/C13H17F4NO/c1-9(18-8-13(16,17)12(14)15)7-10-5-3-4-6-11(10)19-2/h3-6,9,12,18H,7-8H2,1-2H3. The van der Waals surface area contributed by atoms with Gasteiger partial charge >= 0.3 is 12.3 Å². The molecule has 19 heavy (non-hydrogen) atoms. The molecule has 0 amide bonds. The molecule has 0 fully saturated rings. The van der Waals surface area contributed by atoms with E-state index in [1.807, 2.05) is 6.07 Å². The van der Waals surface area contributed by atoms with Gasteiger partial charge in [-0.3, -0.25) is 0 Å². The van der Waals surface area contributed by atoms with Crippen molar-refractivity contribution in [3.8, 4) is 5.75 Å². The topological polar surface area (TPSA) is 21.3 Å². The molecule has 2 nitrogen and oxygen atoms in total. The van der Waals surface area contributed by atoms with Gasteiger partial charge in [0.05, 0.1) is 13.7 Å². The summed E-state index contributed by atoms with van der Waals surface area (Å²) >= 11 is 0. The van der Waals surface area contributed by atoms with E-state index in [4.69, 9.17) is 4.74 Å². The van der Waals surface area contributed by atoms with Crippen molar-refractivity contribution in [3.63, 3.8) is 0 Å². The van der Waals surface area contributed by atoms with Gasteiger partial charge in [-0.1, -0.05) is 18.2 Å². The van der Waals surface area contributed by atoms with E-state index in [2.05, 4.69) is 5.32 Å². The van der Waals surface area contributed by atoms with E-state index in [0.717, 1.165) is 5.56 Å². The van der Waals surface area contributed by atoms with Crippen LogP contribution in [0.2, 0.25) is 0 Å². The zero-order valence-electron chi connectivity index (χ0n) is 10.8. The Hall–Kier alpha value is -1.30. The Balaban J connectivity index is 2.54.